The van der Waals surface area contributed by atoms with Crippen LogP contribution in [-0.2, 0) is 9.59 Å². The van der Waals surface area contributed by atoms with Crippen LogP contribution in [0.3, 0.4) is 0 Å². The Morgan fingerprint density at radius 1 is 0.674 bits per heavy atom. The van der Waals surface area contributed by atoms with Crippen LogP contribution in [0.15, 0.2) is 86.5 Å². The van der Waals surface area contributed by atoms with E-state index < -0.39 is 41.9 Å². The molecule has 0 saturated carbocycles. The number of hydrogen-bond acceptors (Lipinski definition) is 8. The summed E-state index contributed by atoms with van der Waals surface area (Å²) in [4.78, 5) is 71.1. The normalized spacial score (nSPS) is 15.1. The average molecular weight is 592 g/mol. The molecule has 12 nitrogen and oxygen atoms in total. The van der Waals surface area contributed by atoms with Gasteiger partial charge in [-0.2, -0.15) is 0 Å². The summed E-state index contributed by atoms with van der Waals surface area (Å²) in [7, 11) is 0. The van der Waals surface area contributed by atoms with Gasteiger partial charge < -0.3 is 21.1 Å². The van der Waals surface area contributed by atoms with Crippen LogP contribution < -0.4 is 5.73 Å². The zero-order valence-electron chi connectivity index (χ0n) is 23.3. The van der Waals surface area contributed by atoms with Crippen LogP contribution >= 0.6 is 0 Å². The minimum atomic E-state index is -1.22. The molecule has 0 aromatic heterocycles. The number of aliphatic hydroxyl groups excluding tert-OH is 1. The van der Waals surface area contributed by atoms with E-state index in [0.717, 1.165) is 9.80 Å². The molecule has 5 N–H and O–H groups in total. The minimum absolute atomic E-state index is 0.0286. The number of carbonyl (C=O) groups is 6. The molecule has 0 saturated heterocycles. The molecular formula is C31H33N3O9. The summed E-state index contributed by atoms with van der Waals surface area (Å²) in [5.74, 6) is -4.01. The van der Waals surface area contributed by atoms with Gasteiger partial charge in [0.15, 0.2) is 0 Å². The number of fused-ring (bicyclic) bond motifs is 2. The Balaban J connectivity index is 0.000000242. The first-order valence-electron chi connectivity index (χ1n) is 13.0. The second kappa shape index (κ2) is 15.7. The molecule has 2 aromatic carbocycles. The second-order valence-corrected chi connectivity index (χ2v) is 9.26. The van der Waals surface area contributed by atoms with E-state index in [1.165, 1.54) is 24.3 Å². The van der Waals surface area contributed by atoms with Gasteiger partial charge in [0.25, 0.3) is 23.6 Å². The highest BCUT2D eigenvalue weighted by atomic mass is 16.4. The maximum absolute atomic E-state index is 12.0. The average Bonchev–Trinajstić information content (AvgIpc) is 3.39. The molecule has 0 fully saturated rings. The zero-order valence-corrected chi connectivity index (χ0v) is 23.3. The summed E-state index contributed by atoms with van der Waals surface area (Å²) in [5.41, 5.74) is 6.36. The first-order chi connectivity index (χ1) is 20.5. The predicted octanol–water partition coefficient (Wildman–Crippen LogP) is 2.51. The van der Waals surface area contributed by atoms with Crippen LogP contribution in [0.25, 0.3) is 0 Å². The van der Waals surface area contributed by atoms with E-state index in [1.807, 2.05) is 0 Å². The van der Waals surface area contributed by atoms with Crippen molar-refractivity contribution in [3.05, 3.63) is 109 Å². The van der Waals surface area contributed by atoms with Crippen molar-refractivity contribution in [3.8, 4) is 0 Å². The Morgan fingerprint density at radius 3 is 1.33 bits per heavy atom. The monoisotopic (exact) mass is 591 g/mol. The summed E-state index contributed by atoms with van der Waals surface area (Å²) in [6, 6.07) is 10.5. The molecule has 0 radical (unpaired) electrons. The number of benzene rings is 2. The fraction of sp³-hybridized carbons (Fsp3) is 0.226. The molecule has 4 amide bonds. The highest BCUT2D eigenvalue weighted by Gasteiger charge is 2.42. The molecule has 4 rings (SSSR count). The van der Waals surface area contributed by atoms with Gasteiger partial charge in [-0.05, 0) is 43.5 Å². The number of amides is 4. The lowest BCUT2D eigenvalue weighted by Gasteiger charge is -2.22. The molecule has 0 bridgehead atoms. The van der Waals surface area contributed by atoms with Crippen LogP contribution in [-0.4, -0.2) is 85.4 Å². The van der Waals surface area contributed by atoms with E-state index in [-0.39, 0.29) is 36.0 Å². The summed E-state index contributed by atoms with van der Waals surface area (Å²) in [6.07, 6.45) is 5.20. The van der Waals surface area contributed by atoms with Gasteiger partial charge in [-0.25, -0.2) is 4.79 Å². The fourth-order valence-corrected chi connectivity index (χ4v) is 4.24. The summed E-state index contributed by atoms with van der Waals surface area (Å²) < 4.78 is 0. The summed E-state index contributed by atoms with van der Waals surface area (Å²) >= 11 is 0. The molecule has 2 aromatic rings. The number of nitrogens with zero attached hydrogens (tertiary/aromatic N) is 2. The van der Waals surface area contributed by atoms with Crippen molar-refractivity contribution in [2.75, 3.05) is 6.61 Å². The van der Waals surface area contributed by atoms with Crippen LogP contribution in [0.4, 0.5) is 0 Å². The van der Waals surface area contributed by atoms with Crippen LogP contribution in [0.5, 0.6) is 0 Å². The highest BCUT2D eigenvalue weighted by molar-refractivity contribution is 6.23. The van der Waals surface area contributed by atoms with E-state index in [0.29, 0.717) is 24.0 Å². The Bertz CT molecular complexity index is 1370. The number of aliphatic hydroxyl groups is 1. The maximum atomic E-state index is 12.0. The smallest absolute Gasteiger partial charge is 0.327 e. The number of carboxylic acid groups (broad SMARTS) is 2. The minimum Gasteiger partial charge on any atom is -0.480 e. The molecule has 226 valence electrons. The number of carbonyl (C=O) groups excluding carboxylic acids is 4. The predicted molar refractivity (Wildman–Crippen MR) is 156 cm³/mol. The van der Waals surface area contributed by atoms with E-state index in [4.69, 9.17) is 15.9 Å². The third-order valence-electron chi connectivity index (χ3n) is 6.39. The van der Waals surface area contributed by atoms with Crippen molar-refractivity contribution in [1.82, 2.24) is 9.80 Å². The highest BCUT2D eigenvalue weighted by Crippen LogP contribution is 2.26. The molecule has 3 atom stereocenters. The number of carboxylic acids is 2. The van der Waals surface area contributed by atoms with Gasteiger partial charge in [0, 0.05) is 0 Å². The maximum Gasteiger partial charge on any atom is 0.327 e. The van der Waals surface area contributed by atoms with Gasteiger partial charge in [-0.1, -0.05) is 42.5 Å². The van der Waals surface area contributed by atoms with E-state index in [2.05, 4.69) is 19.7 Å². The van der Waals surface area contributed by atoms with Gasteiger partial charge in [-0.3, -0.25) is 33.8 Å². The standard InChI is InChI=1S/C13H11NO4.C13H13NO3.C5H9NO2/c1-2-5-10(13(17)18)14-11(15)8-6-3-4-7-9(8)12(14)16;1-2-5-9(8-15)14-12(16)10-6-3-4-7-11(10)13(14)17;1-2-3-4(6)5(7)8/h2-4,6-7,10H,1,5H2,(H,17,18);2-4,6-7,9,15H,1,5,8H2;2,4H,1,3,6H2,(H,7,8)/t10-;9-;4-/m000/s1. The number of aliphatic carboxylic acids is 2. The van der Waals surface area contributed by atoms with E-state index in [9.17, 15) is 33.9 Å². The molecule has 2 heterocycles. The third-order valence-corrected chi connectivity index (χ3v) is 6.39. The SMILES string of the molecule is C=CC[C@@H](C(=O)O)N1C(=O)c2ccccc2C1=O.C=CC[C@@H](CO)N1C(=O)c2ccccc2C1=O.C=CC[C@H](N)C(=O)O. The first kappa shape index (κ1) is 34.0. The number of nitrogens with two attached hydrogens (primary N) is 1. The molecule has 0 aliphatic carbocycles. The van der Waals surface area contributed by atoms with Gasteiger partial charge >= 0.3 is 11.9 Å². The Morgan fingerprint density at radius 2 is 1.05 bits per heavy atom. The quantitative estimate of drug-likeness (QED) is 0.223. The van der Waals surface area contributed by atoms with E-state index in [1.54, 1.807) is 42.5 Å². The lowest BCUT2D eigenvalue weighted by molar-refractivity contribution is -0.141. The van der Waals surface area contributed by atoms with Crippen LogP contribution in [0.1, 0.15) is 60.7 Å². The van der Waals surface area contributed by atoms with E-state index >= 15 is 0 Å². The third kappa shape index (κ3) is 7.76. The Hall–Kier alpha value is -5.20. The second-order valence-electron chi connectivity index (χ2n) is 9.26. The molecular weight excluding hydrogens is 558 g/mol. The lowest BCUT2D eigenvalue weighted by atomic mass is 10.1. The van der Waals surface area contributed by atoms with Gasteiger partial charge in [-0.15, -0.1) is 19.7 Å². The van der Waals surface area contributed by atoms with Gasteiger partial charge in [0.05, 0.1) is 34.9 Å². The molecule has 0 unspecified atom stereocenters. The summed E-state index contributed by atoms with van der Waals surface area (Å²) in [6.45, 7) is 10.1. The van der Waals surface area contributed by atoms with Crippen molar-refractivity contribution >= 4 is 35.6 Å². The first-order valence-corrected chi connectivity index (χ1v) is 13.0. The Labute approximate surface area is 248 Å². The van der Waals surface area contributed by atoms with Crippen molar-refractivity contribution in [2.24, 2.45) is 5.73 Å². The summed E-state index contributed by atoms with van der Waals surface area (Å²) in [5, 5.41) is 26.5. The largest absolute Gasteiger partial charge is 0.480 e. The van der Waals surface area contributed by atoms with Crippen molar-refractivity contribution in [3.63, 3.8) is 0 Å². The van der Waals surface area contributed by atoms with Crippen LogP contribution in [0.2, 0.25) is 0 Å². The Kier molecular flexibility index (Phi) is 12.4. The van der Waals surface area contributed by atoms with Gasteiger partial charge in [0.1, 0.15) is 12.1 Å². The lowest BCUT2D eigenvalue weighted by Crippen LogP contribution is -2.44. The topological polar surface area (TPSA) is 196 Å². The molecule has 0 spiro atoms. The van der Waals surface area contributed by atoms with Crippen molar-refractivity contribution < 1.29 is 44.1 Å². The molecule has 12 heteroatoms. The molecule has 2 aliphatic rings. The molecule has 2 aliphatic heterocycles. The van der Waals surface area contributed by atoms with Crippen LogP contribution in [0, 0.1) is 0 Å². The van der Waals surface area contributed by atoms with Crippen molar-refractivity contribution in [1.29, 1.82) is 0 Å². The number of rotatable bonds is 11. The molecule has 43 heavy (non-hydrogen) atoms. The van der Waals surface area contributed by atoms with Gasteiger partial charge in [0.2, 0.25) is 0 Å². The zero-order chi connectivity index (χ0) is 32.3. The number of imide groups is 2. The fourth-order valence-electron chi connectivity index (χ4n) is 4.24. The van der Waals surface area contributed by atoms with Crippen molar-refractivity contribution in [2.45, 2.75) is 37.4 Å². The number of hydrogen-bond donors (Lipinski definition) is 4.